The molecule has 4 nitrogen and oxygen atoms in total. The van der Waals surface area contributed by atoms with E-state index < -0.39 is 16.1 Å². The molecule has 0 aromatic heterocycles. The highest BCUT2D eigenvalue weighted by atomic mass is 32.2. The summed E-state index contributed by atoms with van der Waals surface area (Å²) in [6, 6.07) is 6.32. The Morgan fingerprint density at radius 1 is 1.22 bits per heavy atom. The third kappa shape index (κ3) is 3.10. The van der Waals surface area contributed by atoms with Gasteiger partial charge in [-0.3, -0.25) is 0 Å². The van der Waals surface area contributed by atoms with Crippen LogP contribution in [0, 0.1) is 0 Å². The van der Waals surface area contributed by atoms with Crippen LogP contribution < -0.4 is 0 Å². The highest BCUT2D eigenvalue weighted by Gasteiger charge is 2.24. The van der Waals surface area contributed by atoms with Gasteiger partial charge in [-0.25, -0.2) is 8.42 Å². The molecule has 0 saturated carbocycles. The lowest BCUT2D eigenvalue weighted by Crippen LogP contribution is -2.34. The van der Waals surface area contributed by atoms with Crippen molar-refractivity contribution in [3.8, 4) is 0 Å². The molecule has 2 unspecified atom stereocenters. The second-order valence-electron chi connectivity index (χ2n) is 4.52. The van der Waals surface area contributed by atoms with Gasteiger partial charge in [0.15, 0.2) is 0 Å². The minimum Gasteiger partial charge on any atom is -0.389 e. The lowest BCUT2D eigenvalue weighted by atomic mass is 10.1. The van der Waals surface area contributed by atoms with Crippen LogP contribution >= 0.6 is 0 Å². The Hall–Kier alpha value is -0.910. The summed E-state index contributed by atoms with van der Waals surface area (Å²) in [5.74, 6) is 0. The van der Waals surface area contributed by atoms with Crippen molar-refractivity contribution in [2.45, 2.75) is 44.2 Å². The van der Waals surface area contributed by atoms with E-state index in [2.05, 4.69) is 0 Å². The molecule has 0 aliphatic rings. The molecule has 0 aliphatic carbocycles. The summed E-state index contributed by atoms with van der Waals surface area (Å²) in [7, 11) is -1.85. The van der Waals surface area contributed by atoms with E-state index in [-0.39, 0.29) is 10.9 Å². The minimum absolute atomic E-state index is 0.0357. The fraction of sp³-hybridized carbons (Fsp3) is 0.538. The Kier molecular flexibility index (Phi) is 4.90. The molecule has 0 saturated heterocycles. The highest BCUT2D eigenvalue weighted by molar-refractivity contribution is 7.89. The van der Waals surface area contributed by atoms with Gasteiger partial charge in [0.1, 0.15) is 0 Å². The van der Waals surface area contributed by atoms with Crippen molar-refractivity contribution in [2.24, 2.45) is 0 Å². The van der Waals surface area contributed by atoms with Crippen LogP contribution in [0.25, 0.3) is 0 Å². The first-order valence-electron chi connectivity index (χ1n) is 6.06. The SMILES string of the molecule is CCC(C)N(C)S(=O)(=O)c1ccc(C(C)O)cc1. The number of hydrogen-bond acceptors (Lipinski definition) is 3. The van der Waals surface area contributed by atoms with Gasteiger partial charge in [-0.15, -0.1) is 0 Å². The molecule has 1 aromatic rings. The third-order valence-electron chi connectivity index (χ3n) is 3.25. The number of hydrogen-bond donors (Lipinski definition) is 1. The molecular formula is C13H21NO3S. The third-order valence-corrected chi connectivity index (χ3v) is 5.24. The van der Waals surface area contributed by atoms with E-state index in [9.17, 15) is 13.5 Å². The molecule has 0 fully saturated rings. The van der Waals surface area contributed by atoms with E-state index in [4.69, 9.17) is 0 Å². The molecule has 1 N–H and O–H groups in total. The van der Waals surface area contributed by atoms with Crippen molar-refractivity contribution in [3.63, 3.8) is 0 Å². The van der Waals surface area contributed by atoms with Crippen LogP contribution in [-0.2, 0) is 10.0 Å². The number of aliphatic hydroxyl groups excluding tert-OH is 1. The molecule has 0 heterocycles. The van der Waals surface area contributed by atoms with Crippen LogP contribution in [0.2, 0.25) is 0 Å². The molecule has 0 amide bonds. The van der Waals surface area contributed by atoms with Gasteiger partial charge < -0.3 is 5.11 Å². The zero-order chi connectivity index (χ0) is 13.9. The predicted molar refractivity (Wildman–Crippen MR) is 71.8 cm³/mol. The first-order chi connectivity index (χ1) is 8.30. The molecule has 1 aromatic carbocycles. The Balaban J connectivity index is 3.06. The summed E-state index contributed by atoms with van der Waals surface area (Å²) >= 11 is 0. The molecular weight excluding hydrogens is 250 g/mol. The normalized spacial score (nSPS) is 15.7. The standard InChI is InChI=1S/C13H21NO3S/c1-5-10(2)14(4)18(16,17)13-8-6-12(7-9-13)11(3)15/h6-11,15H,5H2,1-4H3. The zero-order valence-electron chi connectivity index (χ0n) is 11.3. The van der Waals surface area contributed by atoms with Gasteiger partial charge in [0.2, 0.25) is 10.0 Å². The maximum atomic E-state index is 12.3. The fourth-order valence-electron chi connectivity index (χ4n) is 1.58. The van der Waals surface area contributed by atoms with Crippen molar-refractivity contribution in [3.05, 3.63) is 29.8 Å². The van der Waals surface area contributed by atoms with Crippen LogP contribution in [0.4, 0.5) is 0 Å². The van der Waals surface area contributed by atoms with E-state index >= 15 is 0 Å². The summed E-state index contributed by atoms with van der Waals surface area (Å²) in [5.41, 5.74) is 0.708. The Labute approximate surface area is 109 Å². The van der Waals surface area contributed by atoms with Crippen LogP contribution in [-0.4, -0.2) is 30.9 Å². The summed E-state index contributed by atoms with van der Waals surface area (Å²) < 4.78 is 25.9. The molecule has 2 atom stereocenters. The minimum atomic E-state index is -3.44. The Bertz CT molecular complexity index is 479. The highest BCUT2D eigenvalue weighted by Crippen LogP contribution is 2.20. The van der Waals surface area contributed by atoms with Gasteiger partial charge in [0.25, 0.3) is 0 Å². The Morgan fingerprint density at radius 3 is 2.11 bits per heavy atom. The van der Waals surface area contributed by atoms with Crippen molar-refractivity contribution in [2.75, 3.05) is 7.05 Å². The number of nitrogens with zero attached hydrogens (tertiary/aromatic N) is 1. The van der Waals surface area contributed by atoms with E-state index in [1.807, 2.05) is 13.8 Å². The average Bonchev–Trinajstić information content (AvgIpc) is 2.36. The van der Waals surface area contributed by atoms with E-state index in [1.54, 1.807) is 26.1 Å². The smallest absolute Gasteiger partial charge is 0.243 e. The largest absolute Gasteiger partial charge is 0.389 e. The number of aliphatic hydroxyl groups is 1. The average molecular weight is 271 g/mol. The second kappa shape index (κ2) is 5.82. The van der Waals surface area contributed by atoms with Gasteiger partial charge in [-0.05, 0) is 38.0 Å². The van der Waals surface area contributed by atoms with Gasteiger partial charge in [0.05, 0.1) is 11.0 Å². The van der Waals surface area contributed by atoms with Gasteiger partial charge in [-0.1, -0.05) is 19.1 Å². The maximum absolute atomic E-state index is 12.3. The van der Waals surface area contributed by atoms with Crippen LogP contribution in [0.5, 0.6) is 0 Å². The first-order valence-corrected chi connectivity index (χ1v) is 7.50. The van der Waals surface area contributed by atoms with Crippen LogP contribution in [0.3, 0.4) is 0 Å². The van der Waals surface area contributed by atoms with Crippen molar-refractivity contribution < 1.29 is 13.5 Å². The number of rotatable bonds is 5. The van der Waals surface area contributed by atoms with Gasteiger partial charge in [-0.2, -0.15) is 4.31 Å². The molecule has 102 valence electrons. The van der Waals surface area contributed by atoms with Crippen molar-refractivity contribution in [1.82, 2.24) is 4.31 Å². The summed E-state index contributed by atoms with van der Waals surface area (Å²) in [5, 5.41) is 9.39. The van der Waals surface area contributed by atoms with Gasteiger partial charge >= 0.3 is 0 Å². The molecule has 0 aliphatic heterocycles. The Morgan fingerprint density at radius 2 is 1.72 bits per heavy atom. The first kappa shape index (κ1) is 15.1. The van der Waals surface area contributed by atoms with E-state index in [1.165, 1.54) is 16.4 Å². The van der Waals surface area contributed by atoms with E-state index in [0.29, 0.717) is 5.56 Å². The molecule has 0 radical (unpaired) electrons. The molecule has 18 heavy (non-hydrogen) atoms. The lowest BCUT2D eigenvalue weighted by molar-refractivity contribution is 0.199. The van der Waals surface area contributed by atoms with Gasteiger partial charge in [0, 0.05) is 13.1 Å². The molecule has 1 rings (SSSR count). The maximum Gasteiger partial charge on any atom is 0.243 e. The summed E-state index contributed by atoms with van der Waals surface area (Å²) in [4.78, 5) is 0.259. The zero-order valence-corrected chi connectivity index (χ0v) is 12.1. The lowest BCUT2D eigenvalue weighted by Gasteiger charge is -2.23. The molecule has 0 spiro atoms. The predicted octanol–water partition coefficient (Wildman–Crippen LogP) is 2.16. The number of benzene rings is 1. The second-order valence-corrected chi connectivity index (χ2v) is 6.52. The summed E-state index contributed by atoms with van der Waals surface area (Å²) in [6.45, 7) is 5.48. The topological polar surface area (TPSA) is 57.6 Å². The monoisotopic (exact) mass is 271 g/mol. The van der Waals surface area contributed by atoms with E-state index in [0.717, 1.165) is 6.42 Å². The quantitative estimate of drug-likeness (QED) is 0.893. The molecule has 0 bridgehead atoms. The van der Waals surface area contributed by atoms with Crippen LogP contribution in [0.15, 0.2) is 29.2 Å². The van der Waals surface area contributed by atoms with Crippen LogP contribution in [0.1, 0.15) is 38.9 Å². The van der Waals surface area contributed by atoms with Crippen molar-refractivity contribution >= 4 is 10.0 Å². The number of sulfonamides is 1. The fourth-order valence-corrected chi connectivity index (χ4v) is 3.01. The van der Waals surface area contributed by atoms with Crippen molar-refractivity contribution in [1.29, 1.82) is 0 Å². The summed E-state index contributed by atoms with van der Waals surface area (Å²) in [6.07, 6.45) is 0.177. The molecule has 5 heteroatoms.